The molecule has 1 aromatic carbocycles. The molecule has 1 unspecified atom stereocenters. The number of esters is 1. The van der Waals surface area contributed by atoms with Crippen LogP contribution in [0.15, 0.2) is 35.3 Å². The Balaban J connectivity index is 0.00000392. The fraction of sp³-hybridized carbons (Fsp3) is 0.619. The Morgan fingerprint density at radius 3 is 2.57 bits per heavy atom. The van der Waals surface area contributed by atoms with Crippen LogP contribution >= 0.6 is 24.0 Å². The highest BCUT2D eigenvalue weighted by Crippen LogP contribution is 2.21. The van der Waals surface area contributed by atoms with Crippen molar-refractivity contribution in [3.8, 4) is 0 Å². The highest BCUT2D eigenvalue weighted by atomic mass is 127. The molecule has 0 saturated heterocycles. The van der Waals surface area contributed by atoms with Gasteiger partial charge in [-0.05, 0) is 51.5 Å². The Kier molecular flexibility index (Phi) is 11.4. The molecule has 1 aromatic rings. The zero-order valence-electron chi connectivity index (χ0n) is 16.9. The molecular weight excluding hydrogens is 469 g/mol. The molecule has 0 spiro atoms. The van der Waals surface area contributed by atoms with Crippen LogP contribution in [0.4, 0.5) is 0 Å². The van der Waals surface area contributed by atoms with Crippen molar-refractivity contribution < 1.29 is 14.6 Å². The Hall–Kier alpha value is -1.35. The number of hydrogen-bond acceptors (Lipinski definition) is 4. The van der Waals surface area contributed by atoms with Gasteiger partial charge in [-0.3, -0.25) is 4.79 Å². The second kappa shape index (κ2) is 13.0. The maximum Gasteiger partial charge on any atom is 0.306 e. The Bertz CT molecular complexity index is 602. The number of aliphatic hydroxyl groups is 1. The number of ether oxygens (including phenoxy) is 1. The summed E-state index contributed by atoms with van der Waals surface area (Å²) in [6.45, 7) is 5.35. The lowest BCUT2D eigenvalue weighted by Crippen LogP contribution is -2.39. The van der Waals surface area contributed by atoms with Gasteiger partial charge in [0, 0.05) is 19.5 Å². The molecule has 0 heterocycles. The van der Waals surface area contributed by atoms with Gasteiger partial charge in [0.15, 0.2) is 5.96 Å². The number of carbonyl (C=O) groups is 1. The molecule has 1 aliphatic rings. The van der Waals surface area contributed by atoms with Gasteiger partial charge in [-0.25, -0.2) is 4.99 Å². The maximum atomic E-state index is 11.9. The first-order valence-electron chi connectivity index (χ1n) is 10.0. The number of benzene rings is 1. The third-order valence-corrected chi connectivity index (χ3v) is 4.74. The molecule has 28 heavy (non-hydrogen) atoms. The average molecular weight is 503 g/mol. The summed E-state index contributed by atoms with van der Waals surface area (Å²) in [5.41, 5.74) is -0.200. The Labute approximate surface area is 185 Å². The van der Waals surface area contributed by atoms with Crippen LogP contribution in [-0.2, 0) is 15.1 Å². The molecule has 7 heteroatoms. The van der Waals surface area contributed by atoms with Gasteiger partial charge in [-0.15, -0.1) is 24.0 Å². The first-order valence-corrected chi connectivity index (χ1v) is 10.0. The lowest BCUT2D eigenvalue weighted by atomic mass is 9.96. The molecule has 1 saturated carbocycles. The van der Waals surface area contributed by atoms with Crippen LogP contribution < -0.4 is 10.6 Å². The number of rotatable bonds is 9. The highest BCUT2D eigenvalue weighted by Gasteiger charge is 2.22. The summed E-state index contributed by atoms with van der Waals surface area (Å²) in [6, 6.07) is 9.52. The summed E-state index contributed by atoms with van der Waals surface area (Å²) in [4.78, 5) is 16.3. The van der Waals surface area contributed by atoms with E-state index >= 15 is 0 Å². The third kappa shape index (κ3) is 8.77. The van der Waals surface area contributed by atoms with E-state index in [0.717, 1.165) is 37.8 Å². The van der Waals surface area contributed by atoms with E-state index in [-0.39, 0.29) is 42.6 Å². The van der Waals surface area contributed by atoms with Crippen molar-refractivity contribution in [3.63, 3.8) is 0 Å². The molecule has 1 aliphatic carbocycles. The minimum absolute atomic E-state index is 0. The van der Waals surface area contributed by atoms with Crippen LogP contribution in [0.3, 0.4) is 0 Å². The van der Waals surface area contributed by atoms with Crippen LogP contribution in [0.25, 0.3) is 0 Å². The largest absolute Gasteiger partial charge is 0.462 e. The van der Waals surface area contributed by atoms with E-state index in [1.807, 2.05) is 37.3 Å². The molecule has 3 N–H and O–H groups in total. The maximum absolute atomic E-state index is 11.9. The molecule has 0 radical (unpaired) electrons. The fourth-order valence-corrected chi connectivity index (χ4v) is 3.15. The fourth-order valence-electron chi connectivity index (χ4n) is 3.15. The van der Waals surface area contributed by atoms with Crippen molar-refractivity contribution in [1.82, 2.24) is 10.6 Å². The summed E-state index contributed by atoms with van der Waals surface area (Å²) in [5, 5.41) is 17.0. The monoisotopic (exact) mass is 503 g/mol. The number of nitrogens with zero attached hydrogens (tertiary/aromatic N) is 1. The zero-order chi connectivity index (χ0) is 19.5. The predicted molar refractivity (Wildman–Crippen MR) is 123 cm³/mol. The molecule has 2 rings (SSSR count). The van der Waals surface area contributed by atoms with Crippen molar-refractivity contribution in [1.29, 1.82) is 0 Å². The number of hydrogen-bond donors (Lipinski definition) is 3. The standard InChI is InChI=1S/C21H33N3O3.HI/c1-3-22-20(24-16-21(2,26)17-10-5-4-6-11-17)23-15-9-14-19(25)27-18-12-7-8-13-18;/h4-6,10-11,18,26H,3,7-9,12-16H2,1-2H3,(H2,22,23,24);1H. The number of halogens is 1. The van der Waals surface area contributed by atoms with Gasteiger partial charge in [-0.2, -0.15) is 0 Å². The Morgan fingerprint density at radius 2 is 1.93 bits per heavy atom. The molecule has 0 aromatic heterocycles. The minimum Gasteiger partial charge on any atom is -0.462 e. The van der Waals surface area contributed by atoms with Gasteiger partial charge in [0.25, 0.3) is 0 Å². The smallest absolute Gasteiger partial charge is 0.306 e. The molecule has 0 amide bonds. The molecule has 1 atom stereocenters. The molecule has 0 aliphatic heterocycles. The molecule has 0 bridgehead atoms. The van der Waals surface area contributed by atoms with E-state index in [1.165, 1.54) is 0 Å². The van der Waals surface area contributed by atoms with Crippen LogP contribution in [0.1, 0.15) is 57.9 Å². The van der Waals surface area contributed by atoms with Crippen molar-refractivity contribution >= 4 is 35.9 Å². The topological polar surface area (TPSA) is 83.0 Å². The first kappa shape index (κ1) is 24.7. The molecule has 6 nitrogen and oxygen atoms in total. The second-order valence-electron chi connectivity index (χ2n) is 7.26. The second-order valence-corrected chi connectivity index (χ2v) is 7.26. The van der Waals surface area contributed by atoms with Gasteiger partial charge < -0.3 is 20.5 Å². The van der Waals surface area contributed by atoms with Crippen LogP contribution in [0, 0.1) is 0 Å². The lowest BCUT2D eigenvalue weighted by Gasteiger charge is -2.22. The SMILES string of the molecule is CCNC(=NCC(C)(O)c1ccccc1)NCCCC(=O)OC1CCCC1.I. The molecule has 158 valence electrons. The summed E-state index contributed by atoms with van der Waals surface area (Å²) < 4.78 is 5.46. The number of aliphatic imine (C=N–C) groups is 1. The van der Waals surface area contributed by atoms with E-state index < -0.39 is 5.60 Å². The third-order valence-electron chi connectivity index (χ3n) is 4.74. The van der Waals surface area contributed by atoms with Crippen LogP contribution in [-0.4, -0.2) is 42.8 Å². The number of carbonyl (C=O) groups excluding carboxylic acids is 1. The predicted octanol–water partition coefficient (Wildman–Crippen LogP) is 3.33. The van der Waals surface area contributed by atoms with Crippen LogP contribution in [0.2, 0.25) is 0 Å². The van der Waals surface area contributed by atoms with Crippen molar-refractivity contribution in [2.45, 2.75) is 64.1 Å². The van der Waals surface area contributed by atoms with E-state index in [9.17, 15) is 9.90 Å². The summed E-state index contributed by atoms with van der Waals surface area (Å²) in [6.07, 6.45) is 5.55. The van der Waals surface area contributed by atoms with E-state index in [4.69, 9.17) is 4.74 Å². The molecule has 1 fully saturated rings. The van der Waals surface area contributed by atoms with E-state index in [1.54, 1.807) is 6.92 Å². The first-order chi connectivity index (χ1) is 13.0. The van der Waals surface area contributed by atoms with Gasteiger partial charge in [-0.1, -0.05) is 30.3 Å². The summed E-state index contributed by atoms with van der Waals surface area (Å²) >= 11 is 0. The summed E-state index contributed by atoms with van der Waals surface area (Å²) in [5.74, 6) is 0.524. The van der Waals surface area contributed by atoms with Gasteiger partial charge in [0.2, 0.25) is 0 Å². The lowest BCUT2D eigenvalue weighted by molar-refractivity contribution is -0.148. The highest BCUT2D eigenvalue weighted by molar-refractivity contribution is 14.0. The van der Waals surface area contributed by atoms with Crippen molar-refractivity contribution in [2.24, 2.45) is 4.99 Å². The van der Waals surface area contributed by atoms with Gasteiger partial charge >= 0.3 is 5.97 Å². The number of nitrogens with one attached hydrogen (secondary N) is 2. The van der Waals surface area contributed by atoms with Crippen molar-refractivity contribution in [3.05, 3.63) is 35.9 Å². The average Bonchev–Trinajstić information content (AvgIpc) is 3.17. The van der Waals surface area contributed by atoms with E-state index in [0.29, 0.717) is 25.3 Å². The minimum atomic E-state index is -1.03. The van der Waals surface area contributed by atoms with Crippen LogP contribution in [0.5, 0.6) is 0 Å². The van der Waals surface area contributed by atoms with Gasteiger partial charge in [0.05, 0.1) is 6.54 Å². The number of guanidine groups is 1. The summed E-state index contributed by atoms with van der Waals surface area (Å²) in [7, 11) is 0. The van der Waals surface area contributed by atoms with E-state index in [2.05, 4.69) is 15.6 Å². The van der Waals surface area contributed by atoms with Gasteiger partial charge in [0.1, 0.15) is 11.7 Å². The normalized spacial score (nSPS) is 16.8. The van der Waals surface area contributed by atoms with Crippen molar-refractivity contribution in [2.75, 3.05) is 19.6 Å². The Morgan fingerprint density at radius 1 is 1.25 bits per heavy atom. The molecular formula is C21H34IN3O3. The quantitative estimate of drug-likeness (QED) is 0.158. The zero-order valence-corrected chi connectivity index (χ0v) is 19.3.